The predicted molar refractivity (Wildman–Crippen MR) is 68.3 cm³/mol. The van der Waals surface area contributed by atoms with E-state index in [0.717, 1.165) is 36.2 Å². The largest absolute Gasteiger partial charge is 0.379 e. The van der Waals surface area contributed by atoms with Crippen LogP contribution in [0.25, 0.3) is 0 Å². The van der Waals surface area contributed by atoms with Gasteiger partial charge in [0.25, 0.3) is 0 Å². The Bertz CT molecular complexity index is 340. The van der Waals surface area contributed by atoms with Crippen LogP contribution in [0.2, 0.25) is 0 Å². The lowest BCUT2D eigenvalue weighted by molar-refractivity contribution is 0.0719. The average Bonchev–Trinajstić information content (AvgIpc) is 2.31. The number of rotatable bonds is 3. The minimum atomic E-state index is 0.0507. The Morgan fingerprint density at radius 3 is 3.00 bits per heavy atom. The summed E-state index contributed by atoms with van der Waals surface area (Å²) in [7, 11) is 0. The van der Waals surface area contributed by atoms with Gasteiger partial charge in [0.05, 0.1) is 13.2 Å². The summed E-state index contributed by atoms with van der Waals surface area (Å²) in [4.78, 5) is 0. The van der Waals surface area contributed by atoms with E-state index in [-0.39, 0.29) is 6.04 Å². The molecule has 0 spiro atoms. The van der Waals surface area contributed by atoms with Crippen LogP contribution in [0.15, 0.2) is 28.7 Å². The zero-order valence-corrected chi connectivity index (χ0v) is 10.7. The van der Waals surface area contributed by atoms with Gasteiger partial charge in [-0.05, 0) is 18.1 Å². The molecule has 1 aromatic rings. The van der Waals surface area contributed by atoms with Crippen LogP contribution in [0, 0.1) is 0 Å². The van der Waals surface area contributed by atoms with Gasteiger partial charge in [0.1, 0.15) is 0 Å². The van der Waals surface area contributed by atoms with E-state index in [0.29, 0.717) is 6.04 Å². The molecule has 2 rings (SSSR count). The van der Waals surface area contributed by atoms with Crippen LogP contribution in [0.4, 0.5) is 0 Å². The monoisotopic (exact) mass is 284 g/mol. The maximum Gasteiger partial charge on any atom is 0.0620 e. The van der Waals surface area contributed by atoms with E-state index in [1.54, 1.807) is 0 Å². The second kappa shape index (κ2) is 5.77. The van der Waals surface area contributed by atoms with Crippen molar-refractivity contribution < 1.29 is 4.74 Å². The highest BCUT2D eigenvalue weighted by Gasteiger charge is 2.18. The molecular weight excluding hydrogens is 268 g/mol. The lowest BCUT2D eigenvalue weighted by Gasteiger charge is -2.26. The average molecular weight is 285 g/mol. The summed E-state index contributed by atoms with van der Waals surface area (Å²) in [6, 6.07) is 8.54. The van der Waals surface area contributed by atoms with Gasteiger partial charge in [-0.3, -0.25) is 0 Å². The number of nitrogens with one attached hydrogen (secondary N) is 1. The van der Waals surface area contributed by atoms with Crippen molar-refractivity contribution in [1.82, 2.24) is 5.32 Å². The van der Waals surface area contributed by atoms with E-state index in [2.05, 4.69) is 27.3 Å². The normalized spacial score (nSPS) is 23.0. The first kappa shape index (κ1) is 12.0. The van der Waals surface area contributed by atoms with Gasteiger partial charge >= 0.3 is 0 Å². The van der Waals surface area contributed by atoms with E-state index in [4.69, 9.17) is 10.5 Å². The molecule has 16 heavy (non-hydrogen) atoms. The summed E-state index contributed by atoms with van der Waals surface area (Å²) < 4.78 is 6.50. The summed E-state index contributed by atoms with van der Waals surface area (Å²) in [5, 5.41) is 3.42. The highest BCUT2D eigenvalue weighted by Crippen LogP contribution is 2.24. The van der Waals surface area contributed by atoms with Crippen molar-refractivity contribution in [1.29, 1.82) is 0 Å². The van der Waals surface area contributed by atoms with Crippen molar-refractivity contribution in [2.75, 3.05) is 19.8 Å². The molecule has 0 aromatic heterocycles. The number of nitrogens with two attached hydrogens (primary N) is 1. The molecule has 3 nitrogen and oxygen atoms in total. The predicted octanol–water partition coefficient (Wildman–Crippen LogP) is 1.83. The van der Waals surface area contributed by atoms with E-state index in [1.807, 2.05) is 18.2 Å². The summed E-state index contributed by atoms with van der Waals surface area (Å²) in [5.74, 6) is 0. The van der Waals surface area contributed by atoms with Crippen molar-refractivity contribution in [2.45, 2.75) is 18.5 Å². The van der Waals surface area contributed by atoms with Gasteiger partial charge in [-0.1, -0.05) is 34.1 Å². The summed E-state index contributed by atoms with van der Waals surface area (Å²) in [5.41, 5.74) is 7.36. The molecule has 0 radical (unpaired) electrons. The second-order valence-electron chi connectivity index (χ2n) is 4.09. The standard InChI is InChI=1S/C12H17BrN2O/c13-11-4-2-1-3-10(11)12(14)7-9-8-16-6-5-15-9/h1-4,9,12,15H,5-8,14H2. The minimum absolute atomic E-state index is 0.0507. The maximum atomic E-state index is 6.20. The molecule has 2 unspecified atom stereocenters. The van der Waals surface area contributed by atoms with Gasteiger partial charge in [-0.2, -0.15) is 0 Å². The van der Waals surface area contributed by atoms with Gasteiger partial charge < -0.3 is 15.8 Å². The fraction of sp³-hybridized carbons (Fsp3) is 0.500. The molecule has 0 bridgehead atoms. The minimum Gasteiger partial charge on any atom is -0.379 e. The van der Waals surface area contributed by atoms with Gasteiger partial charge in [0.2, 0.25) is 0 Å². The van der Waals surface area contributed by atoms with Gasteiger partial charge in [0.15, 0.2) is 0 Å². The number of morpholine rings is 1. The third-order valence-corrected chi connectivity index (χ3v) is 3.56. The van der Waals surface area contributed by atoms with Crippen molar-refractivity contribution >= 4 is 15.9 Å². The Hall–Kier alpha value is -0.420. The summed E-state index contributed by atoms with van der Waals surface area (Å²) in [6.45, 7) is 2.49. The number of hydrogen-bond acceptors (Lipinski definition) is 3. The molecule has 0 amide bonds. The zero-order chi connectivity index (χ0) is 11.4. The zero-order valence-electron chi connectivity index (χ0n) is 9.16. The first-order valence-corrected chi connectivity index (χ1v) is 6.38. The Labute approximate surface area is 104 Å². The van der Waals surface area contributed by atoms with Crippen LogP contribution in [0.5, 0.6) is 0 Å². The SMILES string of the molecule is NC(CC1COCCN1)c1ccccc1Br. The van der Waals surface area contributed by atoms with Gasteiger partial charge in [-0.25, -0.2) is 0 Å². The number of benzene rings is 1. The Morgan fingerprint density at radius 2 is 2.31 bits per heavy atom. The molecule has 4 heteroatoms. The molecule has 0 aliphatic carbocycles. The highest BCUT2D eigenvalue weighted by atomic mass is 79.9. The maximum absolute atomic E-state index is 6.20. The second-order valence-corrected chi connectivity index (χ2v) is 4.94. The van der Waals surface area contributed by atoms with E-state index in [9.17, 15) is 0 Å². The molecule has 0 saturated carbocycles. The van der Waals surface area contributed by atoms with Crippen LogP contribution >= 0.6 is 15.9 Å². The topological polar surface area (TPSA) is 47.3 Å². The van der Waals surface area contributed by atoms with Gasteiger partial charge in [0, 0.05) is 23.1 Å². The third-order valence-electron chi connectivity index (χ3n) is 2.84. The summed E-state index contributed by atoms with van der Waals surface area (Å²) in [6.07, 6.45) is 0.905. The van der Waals surface area contributed by atoms with Crippen molar-refractivity contribution in [3.05, 3.63) is 34.3 Å². The van der Waals surface area contributed by atoms with Crippen LogP contribution < -0.4 is 11.1 Å². The quantitative estimate of drug-likeness (QED) is 0.890. The van der Waals surface area contributed by atoms with Crippen molar-refractivity contribution in [3.8, 4) is 0 Å². The first-order chi connectivity index (χ1) is 7.77. The molecular formula is C12H17BrN2O. The smallest absolute Gasteiger partial charge is 0.0620 e. The molecule has 1 aromatic carbocycles. The first-order valence-electron chi connectivity index (χ1n) is 5.58. The third kappa shape index (κ3) is 3.04. The number of ether oxygens (including phenoxy) is 1. The van der Waals surface area contributed by atoms with Crippen molar-refractivity contribution in [3.63, 3.8) is 0 Å². The Balaban J connectivity index is 1.96. The molecule has 1 aliphatic heterocycles. The van der Waals surface area contributed by atoms with Crippen LogP contribution in [-0.2, 0) is 4.74 Å². The fourth-order valence-electron chi connectivity index (χ4n) is 1.98. The van der Waals surface area contributed by atoms with Crippen molar-refractivity contribution in [2.24, 2.45) is 5.73 Å². The number of hydrogen-bond donors (Lipinski definition) is 2. The molecule has 1 heterocycles. The summed E-state index contributed by atoms with van der Waals surface area (Å²) >= 11 is 3.53. The Morgan fingerprint density at radius 1 is 1.50 bits per heavy atom. The lowest BCUT2D eigenvalue weighted by atomic mass is 10.00. The van der Waals surface area contributed by atoms with Crippen LogP contribution in [-0.4, -0.2) is 25.8 Å². The highest BCUT2D eigenvalue weighted by molar-refractivity contribution is 9.10. The van der Waals surface area contributed by atoms with Gasteiger partial charge in [-0.15, -0.1) is 0 Å². The van der Waals surface area contributed by atoms with Crippen LogP contribution in [0.3, 0.4) is 0 Å². The Kier molecular flexibility index (Phi) is 4.35. The molecule has 1 fully saturated rings. The fourth-order valence-corrected chi connectivity index (χ4v) is 2.56. The van der Waals surface area contributed by atoms with E-state index < -0.39 is 0 Å². The number of halogens is 1. The molecule has 3 N–H and O–H groups in total. The van der Waals surface area contributed by atoms with E-state index >= 15 is 0 Å². The van der Waals surface area contributed by atoms with E-state index in [1.165, 1.54) is 0 Å². The molecule has 88 valence electrons. The molecule has 2 atom stereocenters. The van der Waals surface area contributed by atoms with Crippen LogP contribution in [0.1, 0.15) is 18.0 Å². The molecule has 1 aliphatic rings. The lowest BCUT2D eigenvalue weighted by Crippen LogP contribution is -2.42. The molecule has 1 saturated heterocycles.